The van der Waals surface area contributed by atoms with Crippen molar-refractivity contribution < 1.29 is 22.7 Å². The van der Waals surface area contributed by atoms with Crippen LogP contribution in [0, 0.1) is 13.8 Å². The number of sulfonamides is 1. The Morgan fingerprint density at radius 1 is 1.08 bits per heavy atom. The second kappa shape index (κ2) is 13.8. The molecule has 0 radical (unpaired) electrons. The van der Waals surface area contributed by atoms with Crippen molar-refractivity contribution in [2.45, 2.75) is 84.3 Å². The van der Waals surface area contributed by atoms with Gasteiger partial charge in [0.15, 0.2) is 0 Å². The van der Waals surface area contributed by atoms with E-state index in [9.17, 15) is 18.0 Å². The van der Waals surface area contributed by atoms with Gasteiger partial charge in [-0.2, -0.15) is 0 Å². The number of methoxy groups -OCH3 is 1. The molecule has 2 amide bonds. The average Bonchev–Trinajstić information content (AvgIpc) is 3.41. The summed E-state index contributed by atoms with van der Waals surface area (Å²) in [5.41, 5.74) is 3.42. The summed E-state index contributed by atoms with van der Waals surface area (Å²) in [6, 6.07) is 12.6. The van der Waals surface area contributed by atoms with Crippen LogP contribution in [-0.2, 0) is 26.2 Å². The Morgan fingerprint density at radius 2 is 1.74 bits per heavy atom. The number of nitrogens with zero attached hydrogens (tertiary/aromatic N) is 2. The first-order chi connectivity index (χ1) is 18.5. The molecule has 2 aromatic carbocycles. The van der Waals surface area contributed by atoms with Crippen LogP contribution in [0.2, 0.25) is 0 Å². The largest absolute Gasteiger partial charge is 0.497 e. The maximum atomic E-state index is 13.7. The lowest BCUT2D eigenvalue weighted by atomic mass is 10.1. The number of ether oxygens (including phenoxy) is 1. The Labute approximate surface area is 233 Å². The Morgan fingerprint density at radius 3 is 2.33 bits per heavy atom. The highest BCUT2D eigenvalue weighted by Gasteiger charge is 2.31. The summed E-state index contributed by atoms with van der Waals surface area (Å²) in [4.78, 5) is 28.6. The van der Waals surface area contributed by atoms with E-state index in [0.29, 0.717) is 18.5 Å². The fourth-order valence-electron chi connectivity index (χ4n) is 5.20. The van der Waals surface area contributed by atoms with Gasteiger partial charge in [0.25, 0.3) is 0 Å². The highest BCUT2D eigenvalue weighted by Crippen LogP contribution is 2.26. The fourth-order valence-corrected chi connectivity index (χ4v) is 6.22. The molecule has 0 aromatic heterocycles. The molecule has 1 aliphatic carbocycles. The predicted octanol–water partition coefficient (Wildman–Crippen LogP) is 4.72. The van der Waals surface area contributed by atoms with Gasteiger partial charge in [-0.05, 0) is 74.4 Å². The van der Waals surface area contributed by atoms with Gasteiger partial charge in [0, 0.05) is 25.6 Å². The molecule has 1 atom stereocenters. The summed E-state index contributed by atoms with van der Waals surface area (Å²) in [5.74, 6) is 0.419. The molecule has 1 fully saturated rings. The van der Waals surface area contributed by atoms with Crippen molar-refractivity contribution in [1.29, 1.82) is 0 Å². The maximum Gasteiger partial charge on any atom is 0.243 e. The molecule has 0 aliphatic heterocycles. The third-order valence-corrected chi connectivity index (χ3v) is 8.78. The van der Waals surface area contributed by atoms with E-state index >= 15 is 0 Å². The summed E-state index contributed by atoms with van der Waals surface area (Å²) in [7, 11) is -1.95. The Kier molecular flexibility index (Phi) is 10.8. The van der Waals surface area contributed by atoms with Gasteiger partial charge in [-0.25, -0.2) is 8.42 Å². The molecule has 1 aliphatic rings. The molecule has 9 heteroatoms. The fraction of sp³-hybridized carbons (Fsp3) is 0.533. The number of hydrogen-bond donors (Lipinski definition) is 1. The molecular formula is C30H43N3O5S. The van der Waals surface area contributed by atoms with Crippen LogP contribution in [0.15, 0.2) is 42.5 Å². The zero-order chi connectivity index (χ0) is 28.6. The van der Waals surface area contributed by atoms with Gasteiger partial charge in [0.05, 0.1) is 19.1 Å². The molecule has 1 N–H and O–H groups in total. The highest BCUT2D eigenvalue weighted by molar-refractivity contribution is 7.92. The lowest BCUT2D eigenvalue weighted by Gasteiger charge is -2.32. The summed E-state index contributed by atoms with van der Waals surface area (Å²) in [6.07, 6.45) is 6.27. The monoisotopic (exact) mass is 557 g/mol. The van der Waals surface area contributed by atoms with Crippen molar-refractivity contribution in [1.82, 2.24) is 10.2 Å². The number of amides is 2. The van der Waals surface area contributed by atoms with E-state index in [1.165, 1.54) is 10.6 Å². The van der Waals surface area contributed by atoms with Crippen LogP contribution in [0.25, 0.3) is 0 Å². The van der Waals surface area contributed by atoms with E-state index in [-0.39, 0.29) is 37.4 Å². The van der Waals surface area contributed by atoms with Gasteiger partial charge < -0.3 is 15.0 Å². The molecule has 8 nitrogen and oxygen atoms in total. The van der Waals surface area contributed by atoms with Crippen LogP contribution in [0.3, 0.4) is 0 Å². The zero-order valence-electron chi connectivity index (χ0n) is 23.9. The van der Waals surface area contributed by atoms with Crippen molar-refractivity contribution in [3.05, 3.63) is 59.2 Å². The zero-order valence-corrected chi connectivity index (χ0v) is 24.7. The lowest BCUT2D eigenvalue weighted by Crippen LogP contribution is -2.51. The lowest BCUT2D eigenvalue weighted by molar-refractivity contribution is -0.141. The van der Waals surface area contributed by atoms with Crippen LogP contribution < -0.4 is 14.4 Å². The molecule has 0 heterocycles. The van der Waals surface area contributed by atoms with E-state index < -0.39 is 16.1 Å². The molecule has 0 bridgehead atoms. The maximum absolute atomic E-state index is 13.7. The highest BCUT2D eigenvalue weighted by atomic mass is 32.2. The molecule has 2 aromatic rings. The van der Waals surface area contributed by atoms with Gasteiger partial charge in [0.2, 0.25) is 21.8 Å². The van der Waals surface area contributed by atoms with Crippen molar-refractivity contribution in [2.75, 3.05) is 24.2 Å². The number of carbonyl (C=O) groups is 2. The molecular weight excluding hydrogens is 514 g/mol. The van der Waals surface area contributed by atoms with E-state index in [0.717, 1.165) is 48.1 Å². The van der Waals surface area contributed by atoms with E-state index in [2.05, 4.69) is 5.32 Å². The summed E-state index contributed by atoms with van der Waals surface area (Å²) < 4.78 is 32.0. The van der Waals surface area contributed by atoms with Crippen LogP contribution in [-0.4, -0.2) is 57.1 Å². The van der Waals surface area contributed by atoms with Gasteiger partial charge in [-0.15, -0.1) is 0 Å². The molecule has 3 rings (SSSR count). The summed E-state index contributed by atoms with van der Waals surface area (Å²) in [6.45, 7) is 6.22. The minimum Gasteiger partial charge on any atom is -0.497 e. The quantitative estimate of drug-likeness (QED) is 0.384. The van der Waals surface area contributed by atoms with Crippen LogP contribution in [0.5, 0.6) is 5.75 Å². The number of hydrogen-bond acceptors (Lipinski definition) is 5. The van der Waals surface area contributed by atoms with Gasteiger partial charge >= 0.3 is 0 Å². The smallest absolute Gasteiger partial charge is 0.243 e. The van der Waals surface area contributed by atoms with Crippen molar-refractivity contribution >= 4 is 27.5 Å². The third-order valence-electron chi connectivity index (χ3n) is 7.60. The second-order valence-electron chi connectivity index (χ2n) is 10.4. The minimum atomic E-state index is -3.55. The summed E-state index contributed by atoms with van der Waals surface area (Å²) in [5, 5.41) is 3.16. The first kappa shape index (κ1) is 30.5. The number of rotatable bonds is 13. The Balaban J connectivity index is 1.78. The van der Waals surface area contributed by atoms with E-state index in [1.807, 2.05) is 57.2 Å². The normalized spacial score (nSPS) is 14.6. The number of aryl methyl sites for hydroxylation is 1. The Bertz CT molecular complexity index is 1220. The van der Waals surface area contributed by atoms with Gasteiger partial charge in [0.1, 0.15) is 11.8 Å². The van der Waals surface area contributed by atoms with Gasteiger partial charge in [-0.3, -0.25) is 13.9 Å². The predicted molar refractivity (Wildman–Crippen MR) is 155 cm³/mol. The van der Waals surface area contributed by atoms with E-state index in [4.69, 9.17) is 4.74 Å². The Hall–Kier alpha value is -3.07. The average molecular weight is 558 g/mol. The number of nitrogens with one attached hydrogen (secondary N) is 1. The van der Waals surface area contributed by atoms with Gasteiger partial charge in [-0.1, -0.05) is 44.0 Å². The second-order valence-corrected chi connectivity index (χ2v) is 12.3. The van der Waals surface area contributed by atoms with E-state index in [1.54, 1.807) is 18.1 Å². The van der Waals surface area contributed by atoms with Crippen LogP contribution in [0.4, 0.5) is 5.69 Å². The molecule has 39 heavy (non-hydrogen) atoms. The number of anilines is 1. The first-order valence-electron chi connectivity index (χ1n) is 13.8. The standard InChI is InChI=1S/C30H43N3O5S/c1-6-27(30(35)31-25-12-7-8-13-25)32(21-24-16-18-26(38-4)19-17-24)29(34)15-10-20-33(39(5,36)37)28-14-9-11-22(2)23(28)3/h9,11,14,16-19,25,27H,6-8,10,12-13,15,20-21H2,1-5H3,(H,31,35). The van der Waals surface area contributed by atoms with Crippen molar-refractivity contribution in [3.8, 4) is 5.75 Å². The van der Waals surface area contributed by atoms with Crippen molar-refractivity contribution in [2.24, 2.45) is 0 Å². The SMILES string of the molecule is CCC(C(=O)NC1CCCC1)N(Cc1ccc(OC)cc1)C(=O)CCCN(c1cccc(C)c1C)S(C)(=O)=O. The number of carbonyl (C=O) groups excluding carboxylic acids is 2. The van der Waals surface area contributed by atoms with Crippen molar-refractivity contribution in [3.63, 3.8) is 0 Å². The molecule has 0 spiro atoms. The van der Waals surface area contributed by atoms with Crippen LogP contribution >= 0.6 is 0 Å². The minimum absolute atomic E-state index is 0.125. The molecule has 214 valence electrons. The molecule has 1 saturated carbocycles. The first-order valence-corrected chi connectivity index (χ1v) is 15.7. The third kappa shape index (κ3) is 8.21. The van der Waals surface area contributed by atoms with Crippen LogP contribution in [0.1, 0.15) is 68.6 Å². The molecule has 1 unspecified atom stereocenters. The topological polar surface area (TPSA) is 96.0 Å². The molecule has 0 saturated heterocycles. The summed E-state index contributed by atoms with van der Waals surface area (Å²) >= 11 is 0. The number of benzene rings is 2.